The number of hydrogen-bond donors (Lipinski definition) is 1. The number of nitriles is 1. The average molecular weight is 336 g/mol. The molecule has 1 aliphatic rings. The van der Waals surface area contributed by atoms with Gasteiger partial charge in [-0.2, -0.15) is 5.26 Å². The molecule has 25 heavy (non-hydrogen) atoms. The average Bonchev–Trinajstić information content (AvgIpc) is 3.13. The van der Waals surface area contributed by atoms with Gasteiger partial charge in [-0.25, -0.2) is 0 Å². The fourth-order valence-electron chi connectivity index (χ4n) is 3.07. The molecule has 0 bridgehead atoms. The number of nitro benzene ring substituents is 1. The first-order chi connectivity index (χ1) is 12.2. The van der Waals surface area contributed by atoms with E-state index in [-0.39, 0.29) is 5.69 Å². The first kappa shape index (κ1) is 16.9. The van der Waals surface area contributed by atoms with Crippen LogP contribution in [0.15, 0.2) is 42.5 Å². The Kier molecular flexibility index (Phi) is 5.26. The summed E-state index contributed by atoms with van der Waals surface area (Å²) in [5.41, 5.74) is 3.06. The van der Waals surface area contributed by atoms with E-state index < -0.39 is 4.92 Å². The van der Waals surface area contributed by atoms with E-state index in [1.165, 1.54) is 49.7 Å². The Morgan fingerprint density at radius 2 is 1.80 bits per heavy atom. The molecule has 0 unspecified atom stereocenters. The van der Waals surface area contributed by atoms with Crippen molar-refractivity contribution in [3.05, 3.63) is 69.3 Å². The number of hydrogen-bond acceptors (Lipinski definition) is 5. The molecule has 6 nitrogen and oxygen atoms in total. The molecule has 0 saturated carbocycles. The highest BCUT2D eigenvalue weighted by Crippen LogP contribution is 2.26. The third-order valence-corrected chi connectivity index (χ3v) is 4.43. The smallest absolute Gasteiger partial charge is 0.292 e. The molecule has 1 aliphatic heterocycles. The van der Waals surface area contributed by atoms with E-state index in [1.54, 1.807) is 0 Å². The Hall–Kier alpha value is -2.91. The van der Waals surface area contributed by atoms with Gasteiger partial charge in [-0.05, 0) is 49.2 Å². The summed E-state index contributed by atoms with van der Waals surface area (Å²) in [5.74, 6) is 0. The van der Waals surface area contributed by atoms with Crippen molar-refractivity contribution in [1.29, 1.82) is 5.26 Å². The summed E-state index contributed by atoms with van der Waals surface area (Å²) < 4.78 is 0. The van der Waals surface area contributed by atoms with Crippen LogP contribution in [0.2, 0.25) is 0 Å². The van der Waals surface area contributed by atoms with Gasteiger partial charge in [0.2, 0.25) is 0 Å². The van der Waals surface area contributed by atoms with Gasteiger partial charge in [0.25, 0.3) is 5.69 Å². The van der Waals surface area contributed by atoms with Crippen LogP contribution < -0.4 is 5.32 Å². The van der Waals surface area contributed by atoms with Gasteiger partial charge in [-0.3, -0.25) is 15.0 Å². The maximum atomic E-state index is 11.1. The molecule has 1 N–H and O–H groups in total. The first-order valence-corrected chi connectivity index (χ1v) is 8.38. The second-order valence-corrected chi connectivity index (χ2v) is 6.25. The molecule has 1 fully saturated rings. The maximum absolute atomic E-state index is 11.1. The zero-order valence-electron chi connectivity index (χ0n) is 13.9. The van der Waals surface area contributed by atoms with Gasteiger partial charge in [-0.15, -0.1) is 0 Å². The van der Waals surface area contributed by atoms with Gasteiger partial charge in [0.15, 0.2) is 0 Å². The molecular weight excluding hydrogens is 316 g/mol. The van der Waals surface area contributed by atoms with E-state index in [0.717, 1.165) is 12.1 Å². The highest BCUT2D eigenvalue weighted by Gasteiger charge is 2.14. The number of likely N-dealkylation sites (tertiary alicyclic amines) is 1. The zero-order chi connectivity index (χ0) is 17.6. The van der Waals surface area contributed by atoms with Crippen LogP contribution in [0.1, 0.15) is 29.5 Å². The van der Waals surface area contributed by atoms with E-state index in [9.17, 15) is 10.1 Å². The van der Waals surface area contributed by atoms with Crippen molar-refractivity contribution in [2.45, 2.75) is 25.9 Å². The van der Waals surface area contributed by atoms with E-state index in [2.05, 4.69) is 22.3 Å². The molecule has 2 aromatic rings. The summed E-state index contributed by atoms with van der Waals surface area (Å²) in [6.07, 6.45) is 2.56. The van der Waals surface area contributed by atoms with Crippen molar-refractivity contribution in [2.75, 3.05) is 18.4 Å². The normalized spacial score (nSPS) is 14.2. The molecule has 6 heteroatoms. The van der Waals surface area contributed by atoms with Gasteiger partial charge in [0.1, 0.15) is 5.69 Å². The van der Waals surface area contributed by atoms with Crippen molar-refractivity contribution < 1.29 is 4.92 Å². The van der Waals surface area contributed by atoms with Crippen LogP contribution in [0, 0.1) is 21.4 Å². The zero-order valence-corrected chi connectivity index (χ0v) is 13.9. The predicted molar refractivity (Wildman–Crippen MR) is 96.1 cm³/mol. The summed E-state index contributed by atoms with van der Waals surface area (Å²) in [4.78, 5) is 13.1. The SMILES string of the molecule is N#Cc1ccc([N+](=O)[O-])c(NCc2ccc(CN3CCCC3)cc2)c1. The molecule has 1 saturated heterocycles. The van der Waals surface area contributed by atoms with Crippen molar-refractivity contribution >= 4 is 11.4 Å². The van der Waals surface area contributed by atoms with Crippen LogP contribution in [0.25, 0.3) is 0 Å². The van der Waals surface area contributed by atoms with Gasteiger partial charge in [0.05, 0.1) is 16.6 Å². The van der Waals surface area contributed by atoms with E-state index in [0.29, 0.717) is 17.8 Å². The van der Waals surface area contributed by atoms with E-state index in [1.807, 2.05) is 18.2 Å². The quantitative estimate of drug-likeness (QED) is 0.643. The third kappa shape index (κ3) is 4.34. The Morgan fingerprint density at radius 1 is 1.12 bits per heavy atom. The Bertz CT molecular complexity index is 790. The highest BCUT2D eigenvalue weighted by molar-refractivity contribution is 5.64. The third-order valence-electron chi connectivity index (χ3n) is 4.43. The largest absolute Gasteiger partial charge is 0.375 e. The number of nitrogens with zero attached hydrogens (tertiary/aromatic N) is 3. The summed E-state index contributed by atoms with van der Waals surface area (Å²) in [5, 5.41) is 23.2. The van der Waals surface area contributed by atoms with E-state index in [4.69, 9.17) is 5.26 Å². The Labute approximate surface area is 146 Å². The summed E-state index contributed by atoms with van der Waals surface area (Å²) in [6.45, 7) is 3.79. The van der Waals surface area contributed by atoms with Crippen molar-refractivity contribution in [3.63, 3.8) is 0 Å². The molecule has 0 aromatic heterocycles. The van der Waals surface area contributed by atoms with Crippen molar-refractivity contribution in [3.8, 4) is 6.07 Å². The molecule has 0 amide bonds. The van der Waals surface area contributed by atoms with Crippen LogP contribution in [-0.4, -0.2) is 22.9 Å². The van der Waals surface area contributed by atoms with Gasteiger partial charge < -0.3 is 5.32 Å². The lowest BCUT2D eigenvalue weighted by Crippen LogP contribution is -2.18. The monoisotopic (exact) mass is 336 g/mol. The van der Waals surface area contributed by atoms with Crippen LogP contribution in [-0.2, 0) is 13.1 Å². The molecule has 3 rings (SSSR count). The topological polar surface area (TPSA) is 82.2 Å². The minimum atomic E-state index is -0.442. The van der Waals surface area contributed by atoms with Crippen LogP contribution in [0.3, 0.4) is 0 Å². The Morgan fingerprint density at radius 3 is 2.44 bits per heavy atom. The summed E-state index contributed by atoms with van der Waals surface area (Å²) in [7, 11) is 0. The number of rotatable bonds is 6. The van der Waals surface area contributed by atoms with E-state index >= 15 is 0 Å². The molecule has 0 radical (unpaired) electrons. The number of benzene rings is 2. The molecule has 2 aromatic carbocycles. The van der Waals surface area contributed by atoms with Crippen molar-refractivity contribution in [2.24, 2.45) is 0 Å². The highest BCUT2D eigenvalue weighted by atomic mass is 16.6. The van der Waals surface area contributed by atoms with Gasteiger partial charge in [-0.1, -0.05) is 24.3 Å². The molecule has 0 atom stereocenters. The standard InChI is InChI=1S/C19H20N4O2/c20-12-17-7-8-19(23(24)25)18(11-17)21-13-15-3-5-16(6-4-15)14-22-9-1-2-10-22/h3-8,11,21H,1-2,9-10,13-14H2. The number of anilines is 1. The van der Waals surface area contributed by atoms with Gasteiger partial charge in [0, 0.05) is 19.2 Å². The fourth-order valence-corrected chi connectivity index (χ4v) is 3.07. The molecule has 0 spiro atoms. The van der Waals surface area contributed by atoms with Crippen LogP contribution in [0.4, 0.5) is 11.4 Å². The minimum absolute atomic E-state index is 0.0235. The minimum Gasteiger partial charge on any atom is -0.375 e. The maximum Gasteiger partial charge on any atom is 0.292 e. The van der Waals surface area contributed by atoms with Gasteiger partial charge >= 0.3 is 0 Å². The lowest BCUT2D eigenvalue weighted by molar-refractivity contribution is -0.384. The second-order valence-electron chi connectivity index (χ2n) is 6.25. The second kappa shape index (κ2) is 7.77. The predicted octanol–water partition coefficient (Wildman–Crippen LogP) is 3.67. The molecular formula is C19H20N4O2. The Balaban J connectivity index is 1.65. The number of nitrogens with one attached hydrogen (secondary N) is 1. The molecule has 128 valence electrons. The summed E-state index contributed by atoms with van der Waals surface area (Å²) >= 11 is 0. The molecule has 1 heterocycles. The number of nitro groups is 1. The van der Waals surface area contributed by atoms with Crippen LogP contribution >= 0.6 is 0 Å². The van der Waals surface area contributed by atoms with Crippen LogP contribution in [0.5, 0.6) is 0 Å². The lowest BCUT2D eigenvalue weighted by atomic mass is 10.1. The summed E-state index contributed by atoms with van der Waals surface area (Å²) in [6, 6.07) is 14.6. The fraction of sp³-hybridized carbons (Fsp3) is 0.316. The first-order valence-electron chi connectivity index (χ1n) is 8.38. The molecule has 0 aliphatic carbocycles. The lowest BCUT2D eigenvalue weighted by Gasteiger charge is -2.15. The van der Waals surface area contributed by atoms with Crippen molar-refractivity contribution in [1.82, 2.24) is 4.90 Å².